The third kappa shape index (κ3) is 4.70. The lowest BCUT2D eigenvalue weighted by Gasteiger charge is -2.18. The Morgan fingerprint density at radius 1 is 0.875 bits per heavy atom. The molecule has 0 aliphatic carbocycles. The molecule has 0 aliphatic heterocycles. The van der Waals surface area contributed by atoms with Crippen LogP contribution >= 0.6 is 15.9 Å². The van der Waals surface area contributed by atoms with Crippen molar-refractivity contribution < 1.29 is 24.2 Å². The van der Waals surface area contributed by atoms with Gasteiger partial charge in [-0.3, -0.25) is 0 Å². The fourth-order valence-corrected chi connectivity index (χ4v) is 4.32. The lowest BCUT2D eigenvalue weighted by atomic mass is 9.97. The van der Waals surface area contributed by atoms with Gasteiger partial charge in [-0.15, -0.1) is 0 Å². The standard InChI is InChI=1S/C26H25BrO5/c1-14-11-20(31-13-19-9-7-6-8-10-19)12-15(2)21(14)26(30)32-24-17(4)16(3)22(25(28)29)18(5)23(24)27/h6-12H,13H2,1-5H3,(H,28,29). The first-order chi connectivity index (χ1) is 15.1. The molecule has 0 spiro atoms. The van der Waals surface area contributed by atoms with Gasteiger partial charge in [-0.05, 0) is 96.1 Å². The molecule has 5 nitrogen and oxygen atoms in total. The quantitative estimate of drug-likeness (QED) is 0.312. The van der Waals surface area contributed by atoms with Crippen LogP contribution in [0.15, 0.2) is 46.9 Å². The molecule has 0 saturated carbocycles. The molecular weight excluding hydrogens is 472 g/mol. The zero-order valence-corrected chi connectivity index (χ0v) is 20.3. The Bertz CT molecular complexity index is 1150. The topological polar surface area (TPSA) is 72.8 Å². The second-order valence-electron chi connectivity index (χ2n) is 7.79. The van der Waals surface area contributed by atoms with Gasteiger partial charge in [0.15, 0.2) is 0 Å². The molecule has 0 aromatic heterocycles. The van der Waals surface area contributed by atoms with Gasteiger partial charge in [-0.25, -0.2) is 9.59 Å². The number of carbonyl (C=O) groups is 2. The van der Waals surface area contributed by atoms with Crippen LogP contribution in [-0.2, 0) is 6.61 Å². The zero-order valence-electron chi connectivity index (χ0n) is 18.7. The maximum absolute atomic E-state index is 13.1. The minimum atomic E-state index is -1.01. The predicted molar refractivity (Wildman–Crippen MR) is 127 cm³/mol. The molecule has 32 heavy (non-hydrogen) atoms. The van der Waals surface area contributed by atoms with E-state index in [1.165, 1.54) is 0 Å². The number of carbonyl (C=O) groups excluding carboxylic acids is 1. The summed E-state index contributed by atoms with van der Waals surface area (Å²) in [5.41, 5.74) is 4.89. The summed E-state index contributed by atoms with van der Waals surface area (Å²) in [6.07, 6.45) is 0. The van der Waals surface area contributed by atoms with Gasteiger partial charge in [0, 0.05) is 0 Å². The summed E-state index contributed by atoms with van der Waals surface area (Å²) in [7, 11) is 0. The fourth-order valence-electron chi connectivity index (χ4n) is 3.74. The van der Waals surface area contributed by atoms with E-state index in [-0.39, 0.29) is 5.56 Å². The van der Waals surface area contributed by atoms with E-state index >= 15 is 0 Å². The van der Waals surface area contributed by atoms with Crippen molar-refractivity contribution >= 4 is 27.9 Å². The molecule has 0 unspecified atom stereocenters. The maximum atomic E-state index is 13.1. The Kier molecular flexibility index (Phi) is 7.04. The van der Waals surface area contributed by atoms with Crippen LogP contribution in [0.2, 0.25) is 0 Å². The fraction of sp³-hybridized carbons (Fsp3) is 0.231. The van der Waals surface area contributed by atoms with Crippen molar-refractivity contribution in [3.05, 3.63) is 91.4 Å². The van der Waals surface area contributed by atoms with Gasteiger partial charge in [0.2, 0.25) is 0 Å². The third-order valence-corrected chi connectivity index (χ3v) is 6.50. The van der Waals surface area contributed by atoms with Crippen LogP contribution in [-0.4, -0.2) is 17.0 Å². The Labute approximate surface area is 196 Å². The van der Waals surface area contributed by atoms with Crippen LogP contribution < -0.4 is 9.47 Å². The van der Waals surface area contributed by atoms with Crippen molar-refractivity contribution in [1.29, 1.82) is 0 Å². The highest BCUT2D eigenvalue weighted by molar-refractivity contribution is 9.10. The summed E-state index contributed by atoms with van der Waals surface area (Å²) in [5.74, 6) is -0.506. The number of halogens is 1. The average molecular weight is 497 g/mol. The van der Waals surface area contributed by atoms with Crippen molar-refractivity contribution in [2.45, 2.75) is 41.2 Å². The number of carboxylic acids is 1. The first-order valence-electron chi connectivity index (χ1n) is 10.1. The molecule has 3 rings (SSSR count). The van der Waals surface area contributed by atoms with Crippen molar-refractivity contribution in [3.63, 3.8) is 0 Å². The summed E-state index contributed by atoms with van der Waals surface area (Å²) < 4.78 is 12.1. The molecule has 0 amide bonds. The summed E-state index contributed by atoms with van der Waals surface area (Å²) in [6.45, 7) is 9.26. The second-order valence-corrected chi connectivity index (χ2v) is 8.59. The molecule has 3 aromatic rings. The highest BCUT2D eigenvalue weighted by Gasteiger charge is 2.24. The molecule has 3 aromatic carbocycles. The van der Waals surface area contributed by atoms with E-state index in [9.17, 15) is 14.7 Å². The zero-order chi connectivity index (χ0) is 23.6. The number of aromatic carboxylic acids is 1. The second kappa shape index (κ2) is 9.57. The SMILES string of the molecule is Cc1cc(OCc2ccccc2)cc(C)c1C(=O)Oc1c(C)c(C)c(C(=O)O)c(C)c1Br. The molecule has 0 heterocycles. The van der Waals surface area contributed by atoms with Crippen molar-refractivity contribution in [1.82, 2.24) is 0 Å². The minimum absolute atomic E-state index is 0.210. The lowest BCUT2D eigenvalue weighted by molar-refractivity contribution is 0.0694. The Hall–Kier alpha value is -3.12. The van der Waals surface area contributed by atoms with Gasteiger partial charge in [0.05, 0.1) is 15.6 Å². The predicted octanol–water partition coefficient (Wildman–Crippen LogP) is 6.49. The highest BCUT2D eigenvalue weighted by atomic mass is 79.9. The number of carboxylic acid groups (broad SMARTS) is 1. The van der Waals surface area contributed by atoms with E-state index in [4.69, 9.17) is 9.47 Å². The van der Waals surface area contributed by atoms with Crippen LogP contribution in [0.1, 0.15) is 54.1 Å². The van der Waals surface area contributed by atoms with Crippen LogP contribution in [0.5, 0.6) is 11.5 Å². The van der Waals surface area contributed by atoms with Gasteiger partial charge < -0.3 is 14.6 Å². The van der Waals surface area contributed by atoms with Crippen LogP contribution in [0, 0.1) is 34.6 Å². The summed E-state index contributed by atoms with van der Waals surface area (Å²) in [6, 6.07) is 13.5. The molecule has 0 fully saturated rings. The Morgan fingerprint density at radius 3 is 2.03 bits per heavy atom. The number of ether oxygens (including phenoxy) is 2. The van der Waals surface area contributed by atoms with Gasteiger partial charge in [-0.2, -0.15) is 0 Å². The first-order valence-corrected chi connectivity index (χ1v) is 10.9. The molecule has 0 atom stereocenters. The number of hydrogen-bond acceptors (Lipinski definition) is 4. The normalized spacial score (nSPS) is 10.7. The van der Waals surface area contributed by atoms with Crippen LogP contribution in [0.25, 0.3) is 0 Å². The lowest BCUT2D eigenvalue weighted by Crippen LogP contribution is -2.15. The number of aryl methyl sites for hydroxylation is 2. The smallest absolute Gasteiger partial charge is 0.344 e. The van der Waals surface area contributed by atoms with Crippen molar-refractivity contribution in [3.8, 4) is 11.5 Å². The summed E-state index contributed by atoms with van der Waals surface area (Å²) in [5, 5.41) is 9.52. The maximum Gasteiger partial charge on any atom is 0.344 e. The first kappa shape index (κ1) is 23.5. The molecule has 166 valence electrons. The van der Waals surface area contributed by atoms with E-state index < -0.39 is 11.9 Å². The molecule has 6 heteroatoms. The molecule has 0 bridgehead atoms. The van der Waals surface area contributed by atoms with Crippen molar-refractivity contribution in [2.75, 3.05) is 0 Å². The summed E-state index contributed by atoms with van der Waals surface area (Å²) in [4.78, 5) is 24.7. The van der Waals surface area contributed by atoms with E-state index in [0.29, 0.717) is 44.8 Å². The van der Waals surface area contributed by atoms with E-state index in [2.05, 4.69) is 15.9 Å². The van der Waals surface area contributed by atoms with Gasteiger partial charge in [-0.1, -0.05) is 30.3 Å². The van der Waals surface area contributed by atoms with E-state index in [1.54, 1.807) is 20.8 Å². The van der Waals surface area contributed by atoms with Crippen LogP contribution in [0.3, 0.4) is 0 Å². The number of benzene rings is 3. The number of hydrogen-bond donors (Lipinski definition) is 1. The van der Waals surface area contributed by atoms with Crippen LogP contribution in [0.4, 0.5) is 0 Å². The summed E-state index contributed by atoms with van der Waals surface area (Å²) >= 11 is 3.42. The average Bonchev–Trinajstić information content (AvgIpc) is 2.74. The molecule has 1 N–H and O–H groups in total. The van der Waals surface area contributed by atoms with Crippen molar-refractivity contribution in [2.24, 2.45) is 0 Å². The van der Waals surface area contributed by atoms with Gasteiger partial charge >= 0.3 is 11.9 Å². The largest absolute Gasteiger partial charge is 0.489 e. The Balaban J connectivity index is 1.88. The molecule has 0 radical (unpaired) electrons. The van der Waals surface area contributed by atoms with Gasteiger partial charge in [0.25, 0.3) is 0 Å². The number of esters is 1. The monoisotopic (exact) mass is 496 g/mol. The Morgan fingerprint density at radius 2 is 1.47 bits per heavy atom. The minimum Gasteiger partial charge on any atom is -0.489 e. The molecule has 0 saturated heterocycles. The highest BCUT2D eigenvalue weighted by Crippen LogP contribution is 2.38. The van der Waals surface area contributed by atoms with E-state index in [1.807, 2.05) is 56.3 Å². The van der Waals surface area contributed by atoms with E-state index in [0.717, 1.165) is 16.7 Å². The molecule has 0 aliphatic rings. The third-order valence-electron chi connectivity index (χ3n) is 5.55. The number of rotatable bonds is 6. The van der Waals surface area contributed by atoms with Gasteiger partial charge in [0.1, 0.15) is 18.1 Å². The molecular formula is C26H25BrO5.